The van der Waals surface area contributed by atoms with E-state index in [0.29, 0.717) is 6.04 Å². The summed E-state index contributed by atoms with van der Waals surface area (Å²) in [6.07, 6.45) is 10.1. The minimum Gasteiger partial charge on any atom is -0.381 e. The molecular weight excluding hydrogens is 240 g/mol. The molecule has 2 fully saturated rings. The highest BCUT2D eigenvalue weighted by Crippen LogP contribution is 2.23. The fourth-order valence-electron chi connectivity index (χ4n) is 3.30. The van der Waals surface area contributed by atoms with E-state index in [9.17, 15) is 0 Å². The van der Waals surface area contributed by atoms with E-state index < -0.39 is 0 Å². The van der Waals surface area contributed by atoms with E-state index in [4.69, 9.17) is 15.3 Å². The highest BCUT2D eigenvalue weighted by Gasteiger charge is 2.20. The van der Waals surface area contributed by atoms with Crippen LogP contribution in [-0.2, 0) is 9.47 Å². The van der Waals surface area contributed by atoms with Crippen molar-refractivity contribution in [2.45, 2.75) is 57.4 Å². The van der Waals surface area contributed by atoms with Crippen LogP contribution in [0.2, 0.25) is 0 Å². The number of unbranched alkanes of at least 4 members (excludes halogenated alkanes) is 1. The van der Waals surface area contributed by atoms with Gasteiger partial charge in [-0.05, 0) is 43.9 Å². The van der Waals surface area contributed by atoms with Crippen LogP contribution in [0.15, 0.2) is 0 Å². The number of nitrogens with one attached hydrogen (secondary N) is 1. The van der Waals surface area contributed by atoms with E-state index >= 15 is 0 Å². The van der Waals surface area contributed by atoms with E-state index in [1.54, 1.807) is 0 Å². The normalized spacial score (nSPS) is 26.7. The molecule has 2 aliphatic rings. The summed E-state index contributed by atoms with van der Waals surface area (Å²) in [5.41, 5.74) is 2.99. The Kier molecular flexibility index (Phi) is 7.14. The number of rotatable bonds is 8. The standard InChI is InChI=1S/C15H30N2O2/c16-17-15(11-14-7-10-19-12-14)4-2-1-3-13-5-8-18-9-6-13/h13-15,17H,1-12,16H2. The summed E-state index contributed by atoms with van der Waals surface area (Å²) in [5.74, 6) is 7.29. The molecule has 2 heterocycles. The summed E-state index contributed by atoms with van der Waals surface area (Å²) in [5, 5.41) is 0. The molecule has 2 rings (SSSR count). The van der Waals surface area contributed by atoms with Gasteiger partial charge in [-0.3, -0.25) is 11.3 Å². The Labute approximate surface area is 117 Å². The summed E-state index contributed by atoms with van der Waals surface area (Å²) in [6, 6.07) is 0.474. The molecule has 3 N–H and O–H groups in total. The van der Waals surface area contributed by atoms with Crippen molar-refractivity contribution in [1.29, 1.82) is 0 Å². The maximum absolute atomic E-state index is 5.67. The zero-order valence-electron chi connectivity index (χ0n) is 12.1. The van der Waals surface area contributed by atoms with Crippen LogP contribution in [0.3, 0.4) is 0 Å². The fourth-order valence-corrected chi connectivity index (χ4v) is 3.30. The van der Waals surface area contributed by atoms with E-state index in [0.717, 1.165) is 38.3 Å². The van der Waals surface area contributed by atoms with Crippen molar-refractivity contribution in [3.8, 4) is 0 Å². The Bertz CT molecular complexity index is 226. The second-order valence-corrected chi connectivity index (χ2v) is 6.17. The summed E-state index contributed by atoms with van der Waals surface area (Å²) in [7, 11) is 0. The van der Waals surface area contributed by atoms with E-state index in [2.05, 4.69) is 5.43 Å². The van der Waals surface area contributed by atoms with Crippen LogP contribution >= 0.6 is 0 Å². The molecule has 2 atom stereocenters. The van der Waals surface area contributed by atoms with Crippen molar-refractivity contribution in [1.82, 2.24) is 5.43 Å². The van der Waals surface area contributed by atoms with Crippen LogP contribution in [0, 0.1) is 11.8 Å². The van der Waals surface area contributed by atoms with Gasteiger partial charge in [0.05, 0.1) is 0 Å². The molecule has 0 aromatic carbocycles. The number of hydrogen-bond acceptors (Lipinski definition) is 4. The lowest BCUT2D eigenvalue weighted by atomic mass is 9.91. The molecule has 0 spiro atoms. The average Bonchev–Trinajstić information content (AvgIpc) is 2.96. The van der Waals surface area contributed by atoms with Crippen molar-refractivity contribution >= 4 is 0 Å². The maximum Gasteiger partial charge on any atom is 0.0495 e. The van der Waals surface area contributed by atoms with Gasteiger partial charge in [0, 0.05) is 32.5 Å². The minimum atomic E-state index is 0.474. The Morgan fingerprint density at radius 2 is 1.74 bits per heavy atom. The van der Waals surface area contributed by atoms with E-state index in [-0.39, 0.29) is 0 Å². The van der Waals surface area contributed by atoms with Gasteiger partial charge >= 0.3 is 0 Å². The highest BCUT2D eigenvalue weighted by molar-refractivity contribution is 4.73. The minimum absolute atomic E-state index is 0.474. The molecule has 4 heteroatoms. The second-order valence-electron chi connectivity index (χ2n) is 6.17. The molecule has 19 heavy (non-hydrogen) atoms. The van der Waals surface area contributed by atoms with Crippen LogP contribution in [0.5, 0.6) is 0 Å². The molecule has 0 aromatic rings. The second kappa shape index (κ2) is 8.90. The Morgan fingerprint density at radius 3 is 2.42 bits per heavy atom. The first-order valence-electron chi connectivity index (χ1n) is 8.00. The molecule has 2 saturated heterocycles. The predicted molar refractivity (Wildman–Crippen MR) is 76.7 cm³/mol. The molecule has 0 radical (unpaired) electrons. The summed E-state index contributed by atoms with van der Waals surface area (Å²) >= 11 is 0. The SMILES string of the molecule is NNC(CCCCC1CCOCC1)CC1CCOC1. The van der Waals surface area contributed by atoms with Crippen LogP contribution < -0.4 is 11.3 Å². The largest absolute Gasteiger partial charge is 0.381 e. The van der Waals surface area contributed by atoms with Crippen LogP contribution in [0.1, 0.15) is 51.4 Å². The van der Waals surface area contributed by atoms with Crippen LogP contribution in [-0.4, -0.2) is 32.5 Å². The highest BCUT2D eigenvalue weighted by atomic mass is 16.5. The van der Waals surface area contributed by atoms with Crippen molar-refractivity contribution in [3.63, 3.8) is 0 Å². The molecule has 112 valence electrons. The van der Waals surface area contributed by atoms with Gasteiger partial charge in [-0.2, -0.15) is 0 Å². The predicted octanol–water partition coefficient (Wildman–Crippen LogP) is 2.23. The zero-order valence-corrected chi connectivity index (χ0v) is 12.1. The molecule has 2 unspecified atom stereocenters. The molecule has 2 aliphatic heterocycles. The van der Waals surface area contributed by atoms with Crippen molar-refractivity contribution in [2.24, 2.45) is 17.7 Å². The first kappa shape index (κ1) is 15.2. The molecule has 0 amide bonds. The van der Waals surface area contributed by atoms with E-state index in [1.165, 1.54) is 51.4 Å². The number of hydrogen-bond donors (Lipinski definition) is 2. The maximum atomic E-state index is 5.67. The zero-order chi connectivity index (χ0) is 13.3. The van der Waals surface area contributed by atoms with Gasteiger partial charge in [0.15, 0.2) is 0 Å². The third-order valence-electron chi connectivity index (χ3n) is 4.63. The van der Waals surface area contributed by atoms with E-state index in [1.807, 2.05) is 0 Å². The quantitative estimate of drug-likeness (QED) is 0.403. The van der Waals surface area contributed by atoms with Gasteiger partial charge in [-0.1, -0.05) is 19.3 Å². The number of ether oxygens (including phenoxy) is 2. The lowest BCUT2D eigenvalue weighted by molar-refractivity contribution is 0.0630. The first-order chi connectivity index (χ1) is 9.38. The third kappa shape index (κ3) is 5.78. The topological polar surface area (TPSA) is 56.5 Å². The van der Waals surface area contributed by atoms with Crippen molar-refractivity contribution in [3.05, 3.63) is 0 Å². The first-order valence-corrected chi connectivity index (χ1v) is 8.00. The van der Waals surface area contributed by atoms with Gasteiger partial charge in [-0.25, -0.2) is 0 Å². The summed E-state index contributed by atoms with van der Waals surface area (Å²) in [4.78, 5) is 0. The van der Waals surface area contributed by atoms with Gasteiger partial charge in [-0.15, -0.1) is 0 Å². The Morgan fingerprint density at radius 1 is 1.00 bits per heavy atom. The van der Waals surface area contributed by atoms with Gasteiger partial charge < -0.3 is 9.47 Å². The number of hydrazine groups is 1. The fraction of sp³-hybridized carbons (Fsp3) is 1.00. The molecule has 0 bridgehead atoms. The Hall–Kier alpha value is -0.160. The Balaban J connectivity index is 1.52. The van der Waals surface area contributed by atoms with Crippen LogP contribution in [0.25, 0.3) is 0 Å². The smallest absolute Gasteiger partial charge is 0.0495 e. The summed E-state index contributed by atoms with van der Waals surface area (Å²) < 4.78 is 10.8. The lowest BCUT2D eigenvalue weighted by Crippen LogP contribution is -2.36. The number of nitrogens with two attached hydrogens (primary N) is 1. The molecule has 0 aliphatic carbocycles. The molecule has 4 nitrogen and oxygen atoms in total. The van der Waals surface area contributed by atoms with Gasteiger partial charge in [0.2, 0.25) is 0 Å². The molecule has 0 saturated carbocycles. The van der Waals surface area contributed by atoms with Crippen LogP contribution in [0.4, 0.5) is 0 Å². The average molecular weight is 270 g/mol. The summed E-state index contributed by atoms with van der Waals surface area (Å²) in [6.45, 7) is 3.81. The lowest BCUT2D eigenvalue weighted by Gasteiger charge is -2.22. The molecular formula is C15H30N2O2. The van der Waals surface area contributed by atoms with Crippen molar-refractivity contribution < 1.29 is 9.47 Å². The third-order valence-corrected chi connectivity index (χ3v) is 4.63. The van der Waals surface area contributed by atoms with Gasteiger partial charge in [0.25, 0.3) is 0 Å². The molecule has 0 aromatic heterocycles. The van der Waals surface area contributed by atoms with Gasteiger partial charge in [0.1, 0.15) is 0 Å². The monoisotopic (exact) mass is 270 g/mol. The van der Waals surface area contributed by atoms with Crippen molar-refractivity contribution in [2.75, 3.05) is 26.4 Å².